The summed E-state index contributed by atoms with van der Waals surface area (Å²) in [4.78, 5) is 20.0. The summed E-state index contributed by atoms with van der Waals surface area (Å²) in [5.41, 5.74) is 2.15. The standard InChI is InChI=1S/C20H12N6/c1-3-8-15-13(6-1)14-7-2-4-9-16(14)25(15)20-23-18-11-5-10-17-21-12-22-19(24-20)26(17)18/h1-12H. The minimum atomic E-state index is 0.581. The molecule has 2 aromatic carbocycles. The second kappa shape index (κ2) is 4.86. The molecule has 0 amide bonds. The predicted molar refractivity (Wildman–Crippen MR) is 105 cm³/mol. The Hall–Kier alpha value is -3.80. The van der Waals surface area contributed by atoms with Crippen molar-refractivity contribution < 1.29 is 0 Å². The lowest BCUT2D eigenvalue weighted by atomic mass is 10.2. The van der Waals surface area contributed by atoms with E-state index in [1.807, 2.05) is 35.3 Å². The van der Waals surface area contributed by atoms with Crippen LogP contribution in [0.2, 0.25) is 0 Å². The van der Waals surface area contributed by atoms with Gasteiger partial charge in [-0.2, -0.15) is 9.98 Å². The van der Waals surface area contributed by atoms with E-state index in [4.69, 9.17) is 9.98 Å². The van der Waals surface area contributed by atoms with Crippen LogP contribution >= 0.6 is 0 Å². The molecule has 6 rings (SSSR count). The average molecular weight is 336 g/mol. The van der Waals surface area contributed by atoms with Crippen molar-refractivity contribution in [3.63, 3.8) is 0 Å². The van der Waals surface area contributed by atoms with Gasteiger partial charge in [0.2, 0.25) is 11.9 Å². The molecule has 0 bridgehead atoms. The highest BCUT2D eigenvalue weighted by atomic mass is 15.4. The van der Waals surface area contributed by atoms with Crippen molar-refractivity contribution in [3.8, 4) is 0 Å². The number of hydrogen-bond acceptors (Lipinski definition) is 5. The summed E-state index contributed by atoms with van der Waals surface area (Å²) in [5.74, 6) is 2.73. The van der Waals surface area contributed by atoms with Gasteiger partial charge < -0.3 is 0 Å². The first kappa shape index (κ1) is 13.5. The number of aromatic nitrogens is 1. The zero-order chi connectivity index (χ0) is 17.1. The molecule has 3 aliphatic heterocycles. The van der Waals surface area contributed by atoms with Crippen LogP contribution in [-0.4, -0.2) is 33.6 Å². The maximum atomic E-state index is 4.80. The minimum absolute atomic E-state index is 0.581. The molecule has 0 N–H and O–H groups in total. The molecule has 0 radical (unpaired) electrons. The van der Waals surface area contributed by atoms with Crippen LogP contribution in [0, 0.1) is 0 Å². The van der Waals surface area contributed by atoms with E-state index in [2.05, 4.69) is 51.0 Å². The number of para-hydroxylation sites is 2. The molecule has 0 fully saturated rings. The summed E-state index contributed by atoms with van der Waals surface area (Å²) < 4.78 is 2.09. The van der Waals surface area contributed by atoms with Crippen molar-refractivity contribution in [3.05, 3.63) is 72.6 Å². The van der Waals surface area contributed by atoms with Gasteiger partial charge >= 0.3 is 0 Å². The number of nitrogens with zero attached hydrogens (tertiary/aromatic N) is 6. The zero-order valence-electron chi connectivity index (χ0n) is 13.6. The second-order valence-electron chi connectivity index (χ2n) is 6.14. The van der Waals surface area contributed by atoms with Gasteiger partial charge in [-0.3, -0.25) is 4.57 Å². The van der Waals surface area contributed by atoms with E-state index in [0.29, 0.717) is 11.9 Å². The molecular formula is C20H12N6. The van der Waals surface area contributed by atoms with Crippen molar-refractivity contribution in [1.29, 1.82) is 0 Å². The van der Waals surface area contributed by atoms with Crippen molar-refractivity contribution in [1.82, 2.24) is 9.47 Å². The fourth-order valence-corrected chi connectivity index (χ4v) is 3.61. The number of hydrogen-bond donors (Lipinski definition) is 0. The van der Waals surface area contributed by atoms with Crippen LogP contribution in [0.15, 0.2) is 92.5 Å². The monoisotopic (exact) mass is 336 g/mol. The Morgan fingerprint density at radius 1 is 0.769 bits per heavy atom. The second-order valence-corrected chi connectivity index (χ2v) is 6.14. The summed E-state index contributed by atoms with van der Waals surface area (Å²) >= 11 is 0. The largest absolute Gasteiger partial charge is 0.278 e. The first-order chi connectivity index (χ1) is 12.9. The Balaban J connectivity index is 1.68. The quantitative estimate of drug-likeness (QED) is 0.620. The van der Waals surface area contributed by atoms with Gasteiger partial charge in [0.05, 0.1) is 11.0 Å². The fourth-order valence-electron chi connectivity index (χ4n) is 3.61. The van der Waals surface area contributed by atoms with Gasteiger partial charge in [0, 0.05) is 10.8 Å². The van der Waals surface area contributed by atoms with Crippen molar-refractivity contribution in [2.24, 2.45) is 20.0 Å². The number of guanidine groups is 1. The molecule has 0 saturated carbocycles. The summed E-state index contributed by atoms with van der Waals surface area (Å²) in [6.45, 7) is 0. The van der Waals surface area contributed by atoms with Gasteiger partial charge in [0.1, 0.15) is 18.0 Å². The lowest BCUT2D eigenvalue weighted by Gasteiger charge is -2.30. The molecule has 0 saturated heterocycles. The SMILES string of the molecule is C1=CC2=NC(n3c4ccccc4c4ccccc43)=NC3=NC=NC(=C1)N23. The lowest BCUT2D eigenvalue weighted by molar-refractivity contribution is 0.711. The molecular weight excluding hydrogens is 324 g/mol. The molecule has 6 heteroatoms. The van der Waals surface area contributed by atoms with Gasteiger partial charge in [0.25, 0.3) is 0 Å². The van der Waals surface area contributed by atoms with Gasteiger partial charge in [-0.1, -0.05) is 42.5 Å². The van der Waals surface area contributed by atoms with E-state index >= 15 is 0 Å². The maximum absolute atomic E-state index is 4.80. The third kappa shape index (κ3) is 1.70. The molecule has 4 heterocycles. The molecule has 3 aromatic rings. The third-order valence-electron chi connectivity index (χ3n) is 4.71. The molecule has 0 aliphatic carbocycles. The number of fused-ring (bicyclic) bond motifs is 3. The van der Waals surface area contributed by atoms with Crippen LogP contribution in [-0.2, 0) is 0 Å². The molecule has 3 aliphatic rings. The van der Waals surface area contributed by atoms with Crippen molar-refractivity contribution in [2.45, 2.75) is 0 Å². The molecule has 26 heavy (non-hydrogen) atoms. The molecule has 1 aromatic heterocycles. The average Bonchev–Trinajstić information content (AvgIpc) is 3.03. The van der Waals surface area contributed by atoms with Crippen LogP contribution in [0.3, 0.4) is 0 Å². The van der Waals surface area contributed by atoms with E-state index < -0.39 is 0 Å². The molecule has 6 nitrogen and oxygen atoms in total. The zero-order valence-corrected chi connectivity index (χ0v) is 13.6. The third-order valence-corrected chi connectivity index (χ3v) is 4.71. The van der Waals surface area contributed by atoms with Crippen LogP contribution in [0.25, 0.3) is 21.8 Å². The topological polar surface area (TPSA) is 57.6 Å². The number of benzene rings is 2. The summed E-state index contributed by atoms with van der Waals surface area (Å²) in [6, 6.07) is 16.6. The van der Waals surface area contributed by atoms with Crippen LogP contribution in [0.4, 0.5) is 0 Å². The van der Waals surface area contributed by atoms with Crippen LogP contribution in [0.1, 0.15) is 0 Å². The number of allylic oxidation sites excluding steroid dienone is 2. The van der Waals surface area contributed by atoms with E-state index in [-0.39, 0.29) is 0 Å². The van der Waals surface area contributed by atoms with E-state index in [1.165, 1.54) is 17.1 Å². The molecule has 0 spiro atoms. The van der Waals surface area contributed by atoms with Gasteiger partial charge in [-0.15, -0.1) is 0 Å². The Morgan fingerprint density at radius 2 is 1.50 bits per heavy atom. The maximum Gasteiger partial charge on any atom is 0.241 e. The number of amidine groups is 1. The van der Waals surface area contributed by atoms with E-state index in [1.54, 1.807) is 0 Å². The van der Waals surface area contributed by atoms with E-state index in [0.717, 1.165) is 22.7 Å². The lowest BCUT2D eigenvalue weighted by Crippen LogP contribution is -2.41. The highest BCUT2D eigenvalue weighted by molar-refractivity contribution is 6.23. The van der Waals surface area contributed by atoms with Crippen molar-refractivity contribution >= 4 is 45.9 Å². The summed E-state index contributed by atoms with van der Waals surface area (Å²) in [5, 5.41) is 2.36. The minimum Gasteiger partial charge on any atom is -0.278 e. The van der Waals surface area contributed by atoms with Gasteiger partial charge in [0.15, 0.2) is 0 Å². The predicted octanol–water partition coefficient (Wildman–Crippen LogP) is 3.52. The first-order valence-electron chi connectivity index (χ1n) is 8.35. The smallest absolute Gasteiger partial charge is 0.241 e. The summed E-state index contributed by atoms with van der Waals surface area (Å²) in [6.07, 6.45) is 7.35. The molecule has 0 atom stereocenters. The highest BCUT2D eigenvalue weighted by Crippen LogP contribution is 2.30. The van der Waals surface area contributed by atoms with Crippen LogP contribution < -0.4 is 0 Å². The summed E-state index contributed by atoms with van der Waals surface area (Å²) in [7, 11) is 0. The molecule has 0 unspecified atom stereocenters. The van der Waals surface area contributed by atoms with E-state index in [9.17, 15) is 0 Å². The number of rotatable bonds is 0. The Kier molecular flexibility index (Phi) is 2.52. The Bertz CT molecular complexity index is 1230. The molecule has 122 valence electrons. The van der Waals surface area contributed by atoms with Gasteiger partial charge in [-0.25, -0.2) is 14.9 Å². The van der Waals surface area contributed by atoms with Crippen LogP contribution in [0.5, 0.6) is 0 Å². The number of aliphatic imine (C=N–C) groups is 4. The Morgan fingerprint density at radius 3 is 2.27 bits per heavy atom. The Labute approximate surface area is 148 Å². The normalized spacial score (nSPS) is 17.8. The van der Waals surface area contributed by atoms with Crippen molar-refractivity contribution in [2.75, 3.05) is 0 Å². The highest BCUT2D eigenvalue weighted by Gasteiger charge is 2.29. The first-order valence-corrected chi connectivity index (χ1v) is 8.35. The fraction of sp³-hybridized carbons (Fsp3) is 0. The van der Waals surface area contributed by atoms with Gasteiger partial charge in [-0.05, 0) is 24.3 Å².